The lowest BCUT2D eigenvalue weighted by atomic mass is 10.2. The number of rotatable bonds is 9. The summed E-state index contributed by atoms with van der Waals surface area (Å²) in [5, 5.41) is 10.6. The van der Waals surface area contributed by atoms with Crippen molar-refractivity contribution in [1.29, 1.82) is 0 Å². The molecule has 0 fully saturated rings. The van der Waals surface area contributed by atoms with Gasteiger partial charge in [-0.05, 0) is 6.92 Å². The van der Waals surface area contributed by atoms with Crippen molar-refractivity contribution < 1.29 is 33.4 Å². The molecule has 0 radical (unpaired) electrons. The Hall–Kier alpha value is -1.63. The zero-order valence-corrected chi connectivity index (χ0v) is 12.5. The predicted molar refractivity (Wildman–Crippen MR) is 68.3 cm³/mol. The first kappa shape index (κ1) is 18.4. The molecule has 0 rings (SSSR count). The Labute approximate surface area is 119 Å². The standard InChI is InChI=1S/C13H23NO6/c1-5-19-12(17)6-7-13(18)20-10(8-11(15)16)9-14(2,3)4/h10H,5-9H2,1-4H3. The van der Waals surface area contributed by atoms with Crippen LogP contribution in [0.3, 0.4) is 0 Å². The van der Waals surface area contributed by atoms with Gasteiger partial charge >= 0.3 is 11.9 Å². The van der Waals surface area contributed by atoms with E-state index < -0.39 is 24.0 Å². The predicted octanol–water partition coefficient (Wildman–Crippen LogP) is -0.912. The number of likely N-dealkylation sites (N-methyl/N-ethyl adjacent to an activating group) is 1. The van der Waals surface area contributed by atoms with E-state index in [-0.39, 0.29) is 25.9 Å². The SMILES string of the molecule is CCOC(=O)CCC(=O)OC(CC(=O)[O-])C[N+](C)(C)C. The first-order valence-corrected chi connectivity index (χ1v) is 6.49. The molecule has 0 aliphatic rings. The molecule has 1 atom stereocenters. The molecule has 7 nitrogen and oxygen atoms in total. The molecule has 0 saturated carbocycles. The van der Waals surface area contributed by atoms with Gasteiger partial charge in [0.25, 0.3) is 0 Å². The third kappa shape index (κ3) is 10.3. The number of quaternary nitrogens is 1. The summed E-state index contributed by atoms with van der Waals surface area (Å²) in [6.45, 7) is 2.27. The lowest BCUT2D eigenvalue weighted by molar-refractivity contribution is -0.873. The van der Waals surface area contributed by atoms with Crippen LogP contribution >= 0.6 is 0 Å². The van der Waals surface area contributed by atoms with E-state index in [1.165, 1.54) is 0 Å². The van der Waals surface area contributed by atoms with Gasteiger partial charge in [-0.1, -0.05) is 0 Å². The van der Waals surface area contributed by atoms with Crippen LogP contribution in [0.4, 0.5) is 0 Å². The minimum atomic E-state index is -1.28. The van der Waals surface area contributed by atoms with Crippen molar-refractivity contribution >= 4 is 17.9 Å². The molecule has 7 heteroatoms. The highest BCUT2D eigenvalue weighted by Gasteiger charge is 2.22. The first-order valence-electron chi connectivity index (χ1n) is 6.49. The van der Waals surface area contributed by atoms with Crippen LogP contribution in [-0.2, 0) is 23.9 Å². The minimum Gasteiger partial charge on any atom is -0.550 e. The largest absolute Gasteiger partial charge is 0.550 e. The van der Waals surface area contributed by atoms with E-state index in [1.54, 1.807) is 6.92 Å². The summed E-state index contributed by atoms with van der Waals surface area (Å²) in [5.41, 5.74) is 0. The minimum absolute atomic E-state index is 0.0743. The highest BCUT2D eigenvalue weighted by molar-refractivity contribution is 5.78. The Balaban J connectivity index is 4.31. The van der Waals surface area contributed by atoms with E-state index in [1.807, 2.05) is 21.1 Å². The van der Waals surface area contributed by atoms with Crippen LogP contribution in [0.15, 0.2) is 0 Å². The summed E-state index contributed by atoms with van der Waals surface area (Å²) in [5.74, 6) is -2.37. The number of carbonyl (C=O) groups excluding carboxylic acids is 3. The second kappa shape index (κ2) is 8.52. The first-order chi connectivity index (χ1) is 9.14. The zero-order valence-electron chi connectivity index (χ0n) is 12.5. The number of hydrogen-bond acceptors (Lipinski definition) is 6. The van der Waals surface area contributed by atoms with Gasteiger partial charge in [-0.25, -0.2) is 0 Å². The van der Waals surface area contributed by atoms with Gasteiger partial charge in [0.05, 0.1) is 40.6 Å². The van der Waals surface area contributed by atoms with E-state index in [4.69, 9.17) is 4.74 Å². The molecule has 0 spiro atoms. The summed E-state index contributed by atoms with van der Waals surface area (Å²) in [6.07, 6.45) is -1.33. The van der Waals surface area contributed by atoms with Gasteiger partial charge in [-0.15, -0.1) is 0 Å². The number of carboxylic acids is 1. The molecule has 0 N–H and O–H groups in total. The maximum atomic E-state index is 11.6. The Bertz CT molecular complexity index is 347. The monoisotopic (exact) mass is 289 g/mol. The number of esters is 2. The van der Waals surface area contributed by atoms with Crippen molar-refractivity contribution in [1.82, 2.24) is 0 Å². The Kier molecular flexibility index (Phi) is 7.83. The summed E-state index contributed by atoms with van der Waals surface area (Å²) in [6, 6.07) is 0. The fraction of sp³-hybridized carbons (Fsp3) is 0.769. The van der Waals surface area contributed by atoms with Crippen LogP contribution < -0.4 is 5.11 Å². The van der Waals surface area contributed by atoms with Gasteiger partial charge in [0.1, 0.15) is 6.54 Å². The van der Waals surface area contributed by atoms with Gasteiger partial charge in [0, 0.05) is 12.4 Å². The highest BCUT2D eigenvalue weighted by Crippen LogP contribution is 2.07. The average molecular weight is 289 g/mol. The Morgan fingerprint density at radius 1 is 1.10 bits per heavy atom. The van der Waals surface area contributed by atoms with Crippen LogP contribution in [0.25, 0.3) is 0 Å². The quantitative estimate of drug-likeness (QED) is 0.403. The molecule has 116 valence electrons. The molecule has 0 aliphatic heterocycles. The highest BCUT2D eigenvalue weighted by atomic mass is 16.5. The maximum Gasteiger partial charge on any atom is 0.306 e. The van der Waals surface area contributed by atoms with E-state index in [9.17, 15) is 19.5 Å². The molecule has 0 aromatic carbocycles. The second-order valence-electron chi connectivity index (χ2n) is 5.47. The van der Waals surface area contributed by atoms with Gasteiger partial charge in [0.2, 0.25) is 0 Å². The second-order valence-corrected chi connectivity index (χ2v) is 5.47. The van der Waals surface area contributed by atoms with E-state index in [0.29, 0.717) is 11.0 Å². The van der Waals surface area contributed by atoms with E-state index in [0.717, 1.165) is 0 Å². The van der Waals surface area contributed by atoms with Crippen molar-refractivity contribution in [3.8, 4) is 0 Å². The van der Waals surface area contributed by atoms with E-state index >= 15 is 0 Å². The lowest BCUT2D eigenvalue weighted by Crippen LogP contribution is -2.45. The van der Waals surface area contributed by atoms with Gasteiger partial charge < -0.3 is 23.9 Å². The average Bonchev–Trinajstić information content (AvgIpc) is 2.23. The van der Waals surface area contributed by atoms with Crippen LogP contribution in [0.1, 0.15) is 26.2 Å². The summed E-state index contributed by atoms with van der Waals surface area (Å²) in [4.78, 5) is 33.3. The summed E-state index contributed by atoms with van der Waals surface area (Å²) in [7, 11) is 5.57. The number of carboxylic acid groups (broad SMARTS) is 1. The topological polar surface area (TPSA) is 92.7 Å². The molecule has 0 amide bonds. The molecular weight excluding hydrogens is 266 g/mol. The fourth-order valence-electron chi connectivity index (χ4n) is 1.62. The number of hydrogen-bond donors (Lipinski definition) is 0. The number of carbonyl (C=O) groups is 3. The van der Waals surface area contributed by atoms with E-state index in [2.05, 4.69) is 4.74 Å². The normalized spacial score (nSPS) is 12.6. The molecule has 0 bridgehead atoms. The number of aliphatic carboxylic acids is 1. The van der Waals surface area contributed by atoms with Crippen molar-refractivity contribution in [2.75, 3.05) is 34.3 Å². The van der Waals surface area contributed by atoms with Gasteiger partial charge in [-0.2, -0.15) is 0 Å². The zero-order chi connectivity index (χ0) is 15.8. The van der Waals surface area contributed by atoms with Crippen LogP contribution in [-0.4, -0.2) is 62.8 Å². The molecule has 0 aromatic rings. The van der Waals surface area contributed by atoms with Crippen molar-refractivity contribution in [3.63, 3.8) is 0 Å². The Morgan fingerprint density at radius 2 is 1.65 bits per heavy atom. The molecule has 0 heterocycles. The van der Waals surface area contributed by atoms with Crippen molar-refractivity contribution in [2.24, 2.45) is 0 Å². The Morgan fingerprint density at radius 3 is 2.10 bits per heavy atom. The molecule has 1 unspecified atom stereocenters. The summed E-state index contributed by atoms with van der Waals surface area (Å²) < 4.78 is 10.2. The number of nitrogens with zero attached hydrogens (tertiary/aromatic N) is 1. The molecule has 0 aliphatic carbocycles. The molecule has 20 heavy (non-hydrogen) atoms. The fourth-order valence-corrected chi connectivity index (χ4v) is 1.62. The lowest BCUT2D eigenvalue weighted by Gasteiger charge is -2.29. The third-order valence-electron chi connectivity index (χ3n) is 2.28. The molecule has 0 saturated heterocycles. The van der Waals surface area contributed by atoms with Crippen molar-refractivity contribution in [2.45, 2.75) is 32.3 Å². The van der Waals surface area contributed by atoms with Crippen LogP contribution in [0, 0.1) is 0 Å². The van der Waals surface area contributed by atoms with Crippen molar-refractivity contribution in [3.05, 3.63) is 0 Å². The van der Waals surface area contributed by atoms with Gasteiger partial charge in [-0.3, -0.25) is 9.59 Å². The summed E-state index contributed by atoms with van der Waals surface area (Å²) >= 11 is 0. The maximum absolute atomic E-state index is 11.6. The van der Waals surface area contributed by atoms with Gasteiger partial charge in [0.15, 0.2) is 6.10 Å². The smallest absolute Gasteiger partial charge is 0.306 e. The van der Waals surface area contributed by atoms with Crippen LogP contribution in [0.5, 0.6) is 0 Å². The molecule has 0 aromatic heterocycles. The molecular formula is C13H23NO6. The van der Waals surface area contributed by atoms with Crippen LogP contribution in [0.2, 0.25) is 0 Å². The number of ether oxygens (including phenoxy) is 2. The third-order valence-corrected chi connectivity index (χ3v) is 2.28.